The highest BCUT2D eigenvalue weighted by atomic mass is 32.1. The largest absolute Gasteiger partial charge is 0.477 e. The number of aromatic carboxylic acids is 1. The second-order valence-corrected chi connectivity index (χ2v) is 5.30. The molecule has 0 saturated carbocycles. The first kappa shape index (κ1) is 14.2. The van der Waals surface area contributed by atoms with E-state index in [1.165, 1.54) is 11.3 Å². The molecular weight excluding hydrogens is 280 g/mol. The van der Waals surface area contributed by atoms with Crippen LogP contribution in [0, 0.1) is 13.8 Å². The van der Waals surface area contributed by atoms with Gasteiger partial charge in [0.25, 0.3) is 5.91 Å². The number of carbonyl (C=O) groups excluding carboxylic acids is 1. The van der Waals surface area contributed by atoms with Crippen LogP contribution in [0.15, 0.2) is 0 Å². The molecule has 0 radical (unpaired) electrons. The van der Waals surface area contributed by atoms with Crippen LogP contribution in [-0.2, 0) is 6.42 Å². The number of aryl methyl sites for hydroxylation is 2. The van der Waals surface area contributed by atoms with E-state index in [4.69, 9.17) is 5.11 Å². The third-order valence-electron chi connectivity index (χ3n) is 2.87. The van der Waals surface area contributed by atoms with Crippen LogP contribution in [0.5, 0.6) is 0 Å². The van der Waals surface area contributed by atoms with E-state index in [0.29, 0.717) is 22.0 Å². The van der Waals surface area contributed by atoms with Crippen molar-refractivity contribution in [2.24, 2.45) is 0 Å². The molecule has 20 heavy (non-hydrogen) atoms. The number of carboxylic acid groups (broad SMARTS) is 1. The monoisotopic (exact) mass is 294 g/mol. The van der Waals surface area contributed by atoms with E-state index < -0.39 is 5.97 Å². The van der Waals surface area contributed by atoms with Gasteiger partial charge in [0.1, 0.15) is 10.7 Å². The van der Waals surface area contributed by atoms with Gasteiger partial charge in [0, 0.05) is 5.69 Å². The highest BCUT2D eigenvalue weighted by molar-refractivity contribution is 7.15. The molecule has 2 rings (SSSR count). The number of carbonyl (C=O) groups is 2. The summed E-state index contributed by atoms with van der Waals surface area (Å²) in [4.78, 5) is 25.9. The maximum atomic E-state index is 12.2. The lowest BCUT2D eigenvalue weighted by atomic mass is 10.1. The first-order valence-electron chi connectivity index (χ1n) is 6.00. The number of hydrogen-bond acceptors (Lipinski definition) is 5. The maximum Gasteiger partial charge on any atom is 0.352 e. The molecule has 0 aromatic carbocycles. The fourth-order valence-electron chi connectivity index (χ4n) is 1.91. The third kappa shape index (κ3) is 2.55. The normalized spacial score (nSPS) is 10.6. The maximum absolute atomic E-state index is 12.2. The fraction of sp³-hybridized carbons (Fsp3) is 0.333. The summed E-state index contributed by atoms with van der Waals surface area (Å²) in [6, 6.07) is 0. The molecule has 0 bridgehead atoms. The molecule has 2 aromatic heterocycles. The average Bonchev–Trinajstić information content (AvgIpc) is 2.94. The van der Waals surface area contributed by atoms with Gasteiger partial charge < -0.3 is 10.1 Å². The molecule has 2 aromatic rings. The highest BCUT2D eigenvalue weighted by Gasteiger charge is 2.22. The summed E-state index contributed by atoms with van der Waals surface area (Å²) in [7, 11) is 0. The Morgan fingerprint density at radius 2 is 2.05 bits per heavy atom. The number of nitrogens with zero attached hydrogens (tertiary/aromatic N) is 2. The van der Waals surface area contributed by atoms with Gasteiger partial charge >= 0.3 is 5.97 Å². The molecule has 0 aliphatic rings. The van der Waals surface area contributed by atoms with E-state index in [-0.39, 0.29) is 11.6 Å². The average molecular weight is 294 g/mol. The summed E-state index contributed by atoms with van der Waals surface area (Å²) in [5.74, 6) is -1.48. The summed E-state index contributed by atoms with van der Waals surface area (Å²) in [6.45, 7) is 5.21. The van der Waals surface area contributed by atoms with Crippen molar-refractivity contribution in [3.05, 3.63) is 27.5 Å². The molecular formula is C12H14N4O3S. The molecule has 0 fully saturated rings. The predicted molar refractivity (Wildman–Crippen MR) is 74.5 cm³/mol. The summed E-state index contributed by atoms with van der Waals surface area (Å²) < 4.78 is 0. The van der Waals surface area contributed by atoms with E-state index in [0.717, 1.165) is 11.4 Å². The Balaban J connectivity index is 2.27. The van der Waals surface area contributed by atoms with Crippen LogP contribution in [0.3, 0.4) is 0 Å². The van der Waals surface area contributed by atoms with E-state index in [1.807, 2.05) is 6.92 Å². The van der Waals surface area contributed by atoms with Gasteiger partial charge in [-0.15, -0.1) is 10.2 Å². The molecule has 0 saturated heterocycles. The Labute approximate surface area is 119 Å². The first-order valence-corrected chi connectivity index (χ1v) is 6.81. The zero-order chi connectivity index (χ0) is 14.9. The van der Waals surface area contributed by atoms with Crippen LogP contribution in [0.2, 0.25) is 0 Å². The van der Waals surface area contributed by atoms with Crippen LogP contribution in [-0.4, -0.2) is 32.2 Å². The summed E-state index contributed by atoms with van der Waals surface area (Å²) >= 11 is 1.30. The molecule has 7 nitrogen and oxygen atoms in total. The molecule has 3 N–H and O–H groups in total. The Kier molecular flexibility index (Phi) is 3.84. The molecule has 106 valence electrons. The second kappa shape index (κ2) is 5.41. The Morgan fingerprint density at radius 3 is 2.55 bits per heavy atom. The minimum absolute atomic E-state index is 0.0270. The van der Waals surface area contributed by atoms with Crippen LogP contribution < -0.4 is 5.32 Å². The summed E-state index contributed by atoms with van der Waals surface area (Å²) in [5, 5.41) is 20.7. The topological polar surface area (TPSA) is 108 Å². The summed E-state index contributed by atoms with van der Waals surface area (Å²) in [5.41, 5.74) is 1.28. The summed E-state index contributed by atoms with van der Waals surface area (Å²) in [6.07, 6.45) is 0.749. The van der Waals surface area contributed by atoms with Gasteiger partial charge in [-0.1, -0.05) is 18.3 Å². The van der Waals surface area contributed by atoms with E-state index in [2.05, 4.69) is 20.5 Å². The lowest BCUT2D eigenvalue weighted by Gasteiger charge is -2.01. The van der Waals surface area contributed by atoms with Gasteiger partial charge in [-0.05, 0) is 25.8 Å². The number of aromatic amines is 1. The molecule has 0 spiro atoms. The van der Waals surface area contributed by atoms with Gasteiger partial charge in [0.05, 0.1) is 5.56 Å². The number of nitrogens with one attached hydrogen (secondary N) is 2. The lowest BCUT2D eigenvalue weighted by molar-refractivity contribution is 0.0690. The van der Waals surface area contributed by atoms with Crippen molar-refractivity contribution in [2.75, 3.05) is 5.32 Å². The molecule has 0 aliphatic carbocycles. The first-order chi connectivity index (χ1) is 9.43. The van der Waals surface area contributed by atoms with Gasteiger partial charge in [0.2, 0.25) is 5.13 Å². The van der Waals surface area contributed by atoms with E-state index in [1.54, 1.807) is 13.8 Å². The van der Waals surface area contributed by atoms with Crippen molar-refractivity contribution < 1.29 is 14.7 Å². The van der Waals surface area contributed by atoms with Crippen molar-refractivity contribution in [2.45, 2.75) is 27.2 Å². The minimum atomic E-state index is -1.09. The predicted octanol–water partition coefficient (Wildman–Crippen LogP) is 2.00. The Hall–Kier alpha value is -2.22. The van der Waals surface area contributed by atoms with Gasteiger partial charge in [-0.2, -0.15) is 0 Å². The standard InChI is InChI=1S/C12H14N4O3S/c1-4-7-15-16-12(20-7)14-10(17)8-5(2)9(11(18)19)13-6(8)3/h13H,4H2,1-3H3,(H,18,19)(H,14,16,17). The number of aromatic nitrogens is 3. The minimum Gasteiger partial charge on any atom is -0.477 e. The van der Waals surface area contributed by atoms with E-state index >= 15 is 0 Å². The third-order valence-corrected chi connectivity index (χ3v) is 3.85. The number of H-pyrrole nitrogens is 1. The SMILES string of the molecule is CCc1nnc(NC(=O)c2c(C)[nH]c(C(=O)O)c2C)s1. The molecule has 1 amide bonds. The Morgan fingerprint density at radius 1 is 1.35 bits per heavy atom. The number of carboxylic acids is 1. The Bertz CT molecular complexity index is 674. The lowest BCUT2D eigenvalue weighted by Crippen LogP contribution is -2.13. The van der Waals surface area contributed by atoms with Crippen molar-refractivity contribution in [1.29, 1.82) is 0 Å². The van der Waals surface area contributed by atoms with Gasteiger partial charge in [0.15, 0.2) is 0 Å². The van der Waals surface area contributed by atoms with Crippen LogP contribution in [0.25, 0.3) is 0 Å². The van der Waals surface area contributed by atoms with Crippen molar-refractivity contribution in [1.82, 2.24) is 15.2 Å². The zero-order valence-corrected chi connectivity index (χ0v) is 12.1. The zero-order valence-electron chi connectivity index (χ0n) is 11.3. The van der Waals surface area contributed by atoms with Crippen molar-refractivity contribution in [3.63, 3.8) is 0 Å². The highest BCUT2D eigenvalue weighted by Crippen LogP contribution is 2.21. The number of amides is 1. The number of rotatable bonds is 4. The molecule has 0 aliphatic heterocycles. The van der Waals surface area contributed by atoms with Crippen molar-refractivity contribution >= 4 is 28.3 Å². The second-order valence-electron chi connectivity index (χ2n) is 4.24. The molecule has 2 heterocycles. The van der Waals surface area contributed by atoms with Gasteiger partial charge in [-0.25, -0.2) is 4.79 Å². The molecule has 0 atom stereocenters. The molecule has 0 unspecified atom stereocenters. The smallest absolute Gasteiger partial charge is 0.352 e. The quantitative estimate of drug-likeness (QED) is 0.799. The van der Waals surface area contributed by atoms with Gasteiger partial charge in [-0.3, -0.25) is 10.1 Å². The van der Waals surface area contributed by atoms with Crippen LogP contribution >= 0.6 is 11.3 Å². The van der Waals surface area contributed by atoms with Crippen LogP contribution in [0.1, 0.15) is 44.0 Å². The van der Waals surface area contributed by atoms with E-state index in [9.17, 15) is 9.59 Å². The number of anilines is 1. The van der Waals surface area contributed by atoms with Crippen molar-refractivity contribution in [3.8, 4) is 0 Å². The van der Waals surface area contributed by atoms with Crippen LogP contribution in [0.4, 0.5) is 5.13 Å². The fourth-order valence-corrected chi connectivity index (χ4v) is 2.59. The number of hydrogen-bond donors (Lipinski definition) is 3. The molecule has 8 heteroatoms.